The molecule has 0 radical (unpaired) electrons. The average molecular weight is 249 g/mol. The summed E-state index contributed by atoms with van der Waals surface area (Å²) in [4.78, 5) is 0. The second-order valence-electron chi connectivity index (χ2n) is 2.96. The molecule has 0 aliphatic carbocycles. The molecule has 0 bridgehead atoms. The summed E-state index contributed by atoms with van der Waals surface area (Å²) in [6.07, 6.45) is 2.60. The van der Waals surface area contributed by atoms with Crippen LogP contribution in [0.25, 0.3) is 0 Å². The molecule has 0 saturated carbocycles. The molecule has 0 spiro atoms. The van der Waals surface area contributed by atoms with Crippen LogP contribution >= 0.6 is 15.9 Å². The van der Waals surface area contributed by atoms with Crippen molar-refractivity contribution in [3.8, 4) is 0 Å². The zero-order chi connectivity index (χ0) is 9.84. The maximum atomic E-state index is 13.1. The van der Waals surface area contributed by atoms with E-state index in [1.165, 1.54) is 6.07 Å². The SMILES string of the molecule is CCCCc1cc(Br)c(F)cc1F. The highest BCUT2D eigenvalue weighted by Gasteiger charge is 2.07. The van der Waals surface area contributed by atoms with E-state index < -0.39 is 11.6 Å². The van der Waals surface area contributed by atoms with Crippen LogP contribution in [0.4, 0.5) is 8.78 Å². The Kier molecular flexibility index (Phi) is 3.85. The van der Waals surface area contributed by atoms with Crippen molar-refractivity contribution in [2.45, 2.75) is 26.2 Å². The Labute approximate surface area is 85.1 Å². The van der Waals surface area contributed by atoms with Gasteiger partial charge in [-0.1, -0.05) is 13.3 Å². The van der Waals surface area contributed by atoms with Crippen LogP contribution in [0.3, 0.4) is 0 Å². The first-order valence-electron chi connectivity index (χ1n) is 4.28. The maximum absolute atomic E-state index is 13.1. The molecule has 1 rings (SSSR count). The fourth-order valence-corrected chi connectivity index (χ4v) is 1.51. The monoisotopic (exact) mass is 248 g/mol. The highest BCUT2D eigenvalue weighted by atomic mass is 79.9. The van der Waals surface area contributed by atoms with Crippen LogP contribution in [0.1, 0.15) is 25.3 Å². The lowest BCUT2D eigenvalue weighted by Crippen LogP contribution is -1.92. The van der Waals surface area contributed by atoms with Crippen LogP contribution in [0, 0.1) is 11.6 Å². The molecule has 1 aromatic rings. The molecule has 72 valence electrons. The summed E-state index contributed by atoms with van der Waals surface area (Å²) in [5.74, 6) is -0.994. The lowest BCUT2D eigenvalue weighted by molar-refractivity contribution is 0.564. The van der Waals surface area contributed by atoms with Crippen LogP contribution in [-0.4, -0.2) is 0 Å². The van der Waals surface area contributed by atoms with Gasteiger partial charge in [0, 0.05) is 6.07 Å². The summed E-state index contributed by atoms with van der Waals surface area (Å²) in [5, 5.41) is 0. The van der Waals surface area contributed by atoms with Gasteiger partial charge in [0.15, 0.2) is 0 Å². The zero-order valence-electron chi connectivity index (χ0n) is 7.41. The molecule has 0 saturated heterocycles. The van der Waals surface area contributed by atoms with Gasteiger partial charge in [0.05, 0.1) is 4.47 Å². The van der Waals surface area contributed by atoms with Crippen molar-refractivity contribution in [3.05, 3.63) is 33.8 Å². The van der Waals surface area contributed by atoms with Gasteiger partial charge in [0.25, 0.3) is 0 Å². The number of hydrogen-bond acceptors (Lipinski definition) is 0. The minimum absolute atomic E-state index is 0.333. The van der Waals surface area contributed by atoms with E-state index in [1.807, 2.05) is 6.92 Å². The van der Waals surface area contributed by atoms with Crippen LogP contribution < -0.4 is 0 Å². The van der Waals surface area contributed by atoms with Crippen molar-refractivity contribution in [1.29, 1.82) is 0 Å². The molecule has 0 heterocycles. The molecule has 0 fully saturated rings. The van der Waals surface area contributed by atoms with Crippen molar-refractivity contribution < 1.29 is 8.78 Å². The van der Waals surface area contributed by atoms with Crippen LogP contribution in [0.15, 0.2) is 16.6 Å². The Morgan fingerprint density at radius 3 is 2.54 bits per heavy atom. The normalized spacial score (nSPS) is 10.5. The lowest BCUT2D eigenvalue weighted by Gasteiger charge is -2.03. The van der Waals surface area contributed by atoms with Gasteiger partial charge in [0.2, 0.25) is 0 Å². The summed E-state index contributed by atoms with van der Waals surface area (Å²) in [6.45, 7) is 2.04. The minimum Gasteiger partial charge on any atom is -0.207 e. The molecular weight excluding hydrogens is 238 g/mol. The van der Waals surface area contributed by atoms with Gasteiger partial charge < -0.3 is 0 Å². The third kappa shape index (κ3) is 2.76. The van der Waals surface area contributed by atoms with E-state index in [0.29, 0.717) is 16.5 Å². The van der Waals surface area contributed by atoms with Crippen molar-refractivity contribution in [2.75, 3.05) is 0 Å². The Hall–Kier alpha value is -0.440. The third-order valence-corrected chi connectivity index (χ3v) is 2.50. The molecule has 0 atom stereocenters. The summed E-state index contributed by atoms with van der Waals surface area (Å²) in [6, 6.07) is 2.44. The van der Waals surface area contributed by atoms with E-state index in [9.17, 15) is 8.78 Å². The van der Waals surface area contributed by atoms with Gasteiger partial charge in [-0.15, -0.1) is 0 Å². The van der Waals surface area contributed by atoms with Crippen LogP contribution in [0.2, 0.25) is 0 Å². The van der Waals surface area contributed by atoms with E-state index in [2.05, 4.69) is 15.9 Å². The Morgan fingerprint density at radius 1 is 1.23 bits per heavy atom. The number of unbranched alkanes of at least 4 members (excludes halogenated alkanes) is 1. The van der Waals surface area contributed by atoms with Crippen molar-refractivity contribution in [1.82, 2.24) is 0 Å². The fraction of sp³-hybridized carbons (Fsp3) is 0.400. The second kappa shape index (κ2) is 4.70. The van der Waals surface area contributed by atoms with E-state index in [1.54, 1.807) is 0 Å². The van der Waals surface area contributed by atoms with Gasteiger partial charge >= 0.3 is 0 Å². The molecule has 0 nitrogen and oxygen atoms in total. The second-order valence-corrected chi connectivity index (χ2v) is 3.82. The number of benzene rings is 1. The summed E-state index contributed by atoms with van der Waals surface area (Å²) in [7, 11) is 0. The van der Waals surface area contributed by atoms with Gasteiger partial charge in [-0.2, -0.15) is 0 Å². The first-order chi connectivity index (χ1) is 6.15. The average Bonchev–Trinajstić information content (AvgIpc) is 2.09. The number of aryl methyl sites for hydroxylation is 1. The Bertz CT molecular complexity index is 297. The highest BCUT2D eigenvalue weighted by Crippen LogP contribution is 2.21. The maximum Gasteiger partial charge on any atom is 0.140 e. The predicted molar refractivity (Wildman–Crippen MR) is 52.7 cm³/mol. The molecule has 0 aliphatic heterocycles. The van der Waals surface area contributed by atoms with Crippen LogP contribution in [-0.2, 0) is 6.42 Å². The van der Waals surface area contributed by atoms with Crippen LogP contribution in [0.5, 0.6) is 0 Å². The van der Waals surface area contributed by atoms with Gasteiger partial charge in [-0.25, -0.2) is 8.78 Å². The zero-order valence-corrected chi connectivity index (χ0v) is 9.00. The molecule has 0 aliphatic rings. The topological polar surface area (TPSA) is 0 Å². The highest BCUT2D eigenvalue weighted by molar-refractivity contribution is 9.10. The standard InChI is InChI=1S/C10H11BrF2/c1-2-3-4-7-5-8(11)10(13)6-9(7)12/h5-6H,2-4H2,1H3. The smallest absolute Gasteiger partial charge is 0.140 e. The van der Waals surface area contributed by atoms with Crippen molar-refractivity contribution >= 4 is 15.9 Å². The van der Waals surface area contributed by atoms with E-state index in [4.69, 9.17) is 0 Å². The number of halogens is 3. The van der Waals surface area contributed by atoms with Gasteiger partial charge in [-0.05, 0) is 40.4 Å². The molecule has 13 heavy (non-hydrogen) atoms. The van der Waals surface area contributed by atoms with Crippen molar-refractivity contribution in [2.24, 2.45) is 0 Å². The predicted octanol–water partition coefficient (Wildman–Crippen LogP) is 4.07. The molecule has 3 heteroatoms. The third-order valence-electron chi connectivity index (χ3n) is 1.89. The number of hydrogen-bond donors (Lipinski definition) is 0. The molecule has 0 aromatic heterocycles. The Morgan fingerprint density at radius 2 is 1.92 bits per heavy atom. The lowest BCUT2D eigenvalue weighted by atomic mass is 10.1. The van der Waals surface area contributed by atoms with E-state index in [-0.39, 0.29) is 0 Å². The molecular formula is C10H11BrF2. The quantitative estimate of drug-likeness (QED) is 0.708. The van der Waals surface area contributed by atoms with E-state index in [0.717, 1.165) is 18.9 Å². The first-order valence-corrected chi connectivity index (χ1v) is 5.08. The summed E-state index contributed by atoms with van der Waals surface area (Å²) >= 11 is 3.03. The molecule has 0 amide bonds. The van der Waals surface area contributed by atoms with E-state index >= 15 is 0 Å². The molecule has 1 aromatic carbocycles. The van der Waals surface area contributed by atoms with Gasteiger partial charge in [0.1, 0.15) is 11.6 Å². The summed E-state index contributed by atoms with van der Waals surface area (Å²) < 4.78 is 26.2. The molecule has 0 unspecified atom stereocenters. The molecule has 0 N–H and O–H groups in total. The minimum atomic E-state index is -0.544. The van der Waals surface area contributed by atoms with Gasteiger partial charge in [-0.3, -0.25) is 0 Å². The first kappa shape index (κ1) is 10.6. The number of rotatable bonds is 3. The Balaban J connectivity index is 2.88. The largest absolute Gasteiger partial charge is 0.207 e. The van der Waals surface area contributed by atoms with Crippen molar-refractivity contribution in [3.63, 3.8) is 0 Å². The fourth-order valence-electron chi connectivity index (χ4n) is 1.12. The summed E-state index contributed by atoms with van der Waals surface area (Å²) in [5.41, 5.74) is 0.579.